The summed E-state index contributed by atoms with van der Waals surface area (Å²) in [5.41, 5.74) is 2.20. The minimum Gasteiger partial charge on any atom is -0.489 e. The lowest BCUT2D eigenvalue weighted by molar-refractivity contribution is 0.269. The Morgan fingerprint density at radius 3 is 3.18 bits per heavy atom. The minimum absolute atomic E-state index is 0.363. The predicted molar refractivity (Wildman–Crippen MR) is 66.2 cm³/mol. The molecule has 2 aromatic rings. The van der Waals surface area contributed by atoms with E-state index in [0.29, 0.717) is 6.04 Å². The van der Waals surface area contributed by atoms with Crippen molar-refractivity contribution in [1.82, 2.24) is 9.97 Å². The summed E-state index contributed by atoms with van der Waals surface area (Å²) in [5, 5.41) is 0. The monoisotopic (exact) mass is 229 g/mol. The predicted octanol–water partition coefficient (Wildman–Crippen LogP) is 2.20. The molecule has 17 heavy (non-hydrogen) atoms. The van der Waals surface area contributed by atoms with E-state index in [1.54, 1.807) is 6.33 Å². The molecular weight excluding hydrogens is 214 g/mol. The Morgan fingerprint density at radius 2 is 2.35 bits per heavy atom. The van der Waals surface area contributed by atoms with Crippen molar-refractivity contribution < 1.29 is 4.74 Å². The number of aromatic nitrogens is 2. The minimum atomic E-state index is 0.363. The standard InChI is InChI=1S/C13H15N3O/c1-10-8-17-13-5-3-2-4-12(13)16(10)7-11-6-14-9-15-11/h2-6,9-10H,7-8H2,1H3,(H,14,15)/t10-/m1/s1. The number of hydrogen-bond donors (Lipinski definition) is 1. The van der Waals surface area contributed by atoms with Gasteiger partial charge in [0.1, 0.15) is 12.4 Å². The highest BCUT2D eigenvalue weighted by Crippen LogP contribution is 2.34. The molecule has 1 aromatic heterocycles. The van der Waals surface area contributed by atoms with Gasteiger partial charge in [0.15, 0.2) is 0 Å². The molecule has 0 saturated heterocycles. The van der Waals surface area contributed by atoms with E-state index in [2.05, 4.69) is 27.9 Å². The van der Waals surface area contributed by atoms with Crippen molar-refractivity contribution in [3.8, 4) is 5.75 Å². The van der Waals surface area contributed by atoms with Crippen LogP contribution >= 0.6 is 0 Å². The smallest absolute Gasteiger partial charge is 0.142 e. The number of anilines is 1. The number of aromatic amines is 1. The molecule has 0 unspecified atom stereocenters. The topological polar surface area (TPSA) is 41.1 Å². The third-order valence-corrected chi connectivity index (χ3v) is 3.07. The van der Waals surface area contributed by atoms with E-state index >= 15 is 0 Å². The zero-order valence-electron chi connectivity index (χ0n) is 9.76. The van der Waals surface area contributed by atoms with Gasteiger partial charge in [-0.25, -0.2) is 4.98 Å². The fraction of sp³-hybridized carbons (Fsp3) is 0.308. The van der Waals surface area contributed by atoms with Gasteiger partial charge in [0.05, 0.1) is 30.3 Å². The first kappa shape index (κ1) is 10.2. The Balaban J connectivity index is 1.92. The van der Waals surface area contributed by atoms with Gasteiger partial charge in [0.2, 0.25) is 0 Å². The molecule has 0 radical (unpaired) electrons. The van der Waals surface area contributed by atoms with E-state index in [0.717, 1.165) is 30.3 Å². The Kier molecular flexibility index (Phi) is 2.48. The second-order valence-corrected chi connectivity index (χ2v) is 4.32. The first-order valence-electron chi connectivity index (χ1n) is 5.81. The number of imidazole rings is 1. The summed E-state index contributed by atoms with van der Waals surface area (Å²) < 4.78 is 5.72. The van der Waals surface area contributed by atoms with Crippen LogP contribution in [-0.4, -0.2) is 22.6 Å². The molecule has 0 saturated carbocycles. The average molecular weight is 229 g/mol. The molecule has 0 amide bonds. The maximum absolute atomic E-state index is 5.72. The van der Waals surface area contributed by atoms with Crippen molar-refractivity contribution in [3.63, 3.8) is 0 Å². The van der Waals surface area contributed by atoms with Crippen LogP contribution in [0.3, 0.4) is 0 Å². The maximum Gasteiger partial charge on any atom is 0.142 e. The van der Waals surface area contributed by atoms with E-state index in [4.69, 9.17) is 4.74 Å². The summed E-state index contributed by atoms with van der Waals surface area (Å²) in [7, 11) is 0. The molecule has 1 aliphatic heterocycles. The molecule has 88 valence electrons. The number of benzene rings is 1. The van der Waals surface area contributed by atoms with Gasteiger partial charge in [-0.2, -0.15) is 0 Å². The van der Waals surface area contributed by atoms with Crippen LogP contribution in [0.2, 0.25) is 0 Å². The number of H-pyrrole nitrogens is 1. The lowest BCUT2D eigenvalue weighted by Gasteiger charge is -2.36. The molecule has 0 fully saturated rings. The second kappa shape index (κ2) is 4.13. The van der Waals surface area contributed by atoms with Gasteiger partial charge in [0.25, 0.3) is 0 Å². The first-order chi connectivity index (χ1) is 8.34. The summed E-state index contributed by atoms with van der Waals surface area (Å²) in [5.74, 6) is 0.959. The molecule has 1 aliphatic rings. The quantitative estimate of drug-likeness (QED) is 0.858. The summed E-state index contributed by atoms with van der Waals surface area (Å²) in [6.45, 7) is 3.70. The molecule has 2 heterocycles. The summed E-state index contributed by atoms with van der Waals surface area (Å²) in [4.78, 5) is 9.60. The number of rotatable bonds is 2. The number of fused-ring (bicyclic) bond motifs is 1. The molecule has 3 rings (SSSR count). The average Bonchev–Trinajstić information content (AvgIpc) is 2.86. The zero-order valence-corrected chi connectivity index (χ0v) is 9.76. The number of hydrogen-bond acceptors (Lipinski definition) is 3. The molecule has 0 aliphatic carbocycles. The van der Waals surface area contributed by atoms with Crippen LogP contribution in [0.4, 0.5) is 5.69 Å². The fourth-order valence-electron chi connectivity index (χ4n) is 2.15. The Hall–Kier alpha value is -1.97. The largest absolute Gasteiger partial charge is 0.489 e. The van der Waals surface area contributed by atoms with Gasteiger partial charge in [-0.1, -0.05) is 12.1 Å². The van der Waals surface area contributed by atoms with Gasteiger partial charge < -0.3 is 14.6 Å². The van der Waals surface area contributed by atoms with E-state index < -0.39 is 0 Å². The molecule has 1 atom stereocenters. The van der Waals surface area contributed by atoms with Gasteiger partial charge in [-0.05, 0) is 19.1 Å². The highest BCUT2D eigenvalue weighted by Gasteiger charge is 2.24. The van der Waals surface area contributed by atoms with Crippen LogP contribution in [0.15, 0.2) is 36.8 Å². The fourth-order valence-corrected chi connectivity index (χ4v) is 2.15. The summed E-state index contributed by atoms with van der Waals surface area (Å²) in [6.07, 6.45) is 3.65. The third kappa shape index (κ3) is 1.86. The van der Waals surface area contributed by atoms with Crippen molar-refractivity contribution in [2.24, 2.45) is 0 Å². The normalized spacial score (nSPS) is 18.6. The SMILES string of the molecule is C[C@@H]1COc2ccccc2N1Cc1c[nH]cn1. The third-order valence-electron chi connectivity index (χ3n) is 3.07. The van der Waals surface area contributed by atoms with Crippen molar-refractivity contribution in [2.45, 2.75) is 19.5 Å². The Morgan fingerprint density at radius 1 is 1.47 bits per heavy atom. The van der Waals surface area contributed by atoms with Gasteiger partial charge in [0, 0.05) is 6.20 Å². The lowest BCUT2D eigenvalue weighted by atomic mass is 10.1. The molecule has 1 aromatic carbocycles. The Labute approximate surface area is 100 Å². The van der Waals surface area contributed by atoms with E-state index in [-0.39, 0.29) is 0 Å². The highest BCUT2D eigenvalue weighted by atomic mass is 16.5. The maximum atomic E-state index is 5.72. The molecule has 1 N–H and O–H groups in total. The van der Waals surface area contributed by atoms with Gasteiger partial charge in [-0.3, -0.25) is 0 Å². The number of para-hydroxylation sites is 2. The first-order valence-corrected chi connectivity index (χ1v) is 5.81. The van der Waals surface area contributed by atoms with Crippen molar-refractivity contribution >= 4 is 5.69 Å². The van der Waals surface area contributed by atoms with Crippen LogP contribution in [0.1, 0.15) is 12.6 Å². The highest BCUT2D eigenvalue weighted by molar-refractivity contribution is 5.60. The molecule has 0 spiro atoms. The summed E-state index contributed by atoms with van der Waals surface area (Å²) in [6, 6.07) is 8.51. The van der Waals surface area contributed by atoms with Crippen molar-refractivity contribution in [1.29, 1.82) is 0 Å². The van der Waals surface area contributed by atoms with Crippen LogP contribution in [0.25, 0.3) is 0 Å². The van der Waals surface area contributed by atoms with Gasteiger partial charge in [-0.15, -0.1) is 0 Å². The molecule has 4 heteroatoms. The van der Waals surface area contributed by atoms with E-state index in [9.17, 15) is 0 Å². The lowest BCUT2D eigenvalue weighted by Crippen LogP contribution is -2.40. The summed E-state index contributed by atoms with van der Waals surface area (Å²) >= 11 is 0. The van der Waals surface area contributed by atoms with Crippen LogP contribution in [0.5, 0.6) is 5.75 Å². The van der Waals surface area contributed by atoms with Crippen LogP contribution < -0.4 is 9.64 Å². The van der Waals surface area contributed by atoms with E-state index in [1.165, 1.54) is 0 Å². The van der Waals surface area contributed by atoms with Gasteiger partial charge >= 0.3 is 0 Å². The zero-order chi connectivity index (χ0) is 11.7. The molecular formula is C13H15N3O. The second-order valence-electron chi connectivity index (χ2n) is 4.32. The van der Waals surface area contributed by atoms with E-state index in [1.807, 2.05) is 24.4 Å². The number of ether oxygens (including phenoxy) is 1. The van der Waals surface area contributed by atoms with Crippen molar-refractivity contribution in [3.05, 3.63) is 42.5 Å². The molecule has 0 bridgehead atoms. The molecule has 4 nitrogen and oxygen atoms in total. The Bertz CT molecular complexity index is 495. The van der Waals surface area contributed by atoms with Crippen molar-refractivity contribution in [2.75, 3.05) is 11.5 Å². The van der Waals surface area contributed by atoms with Crippen LogP contribution in [-0.2, 0) is 6.54 Å². The number of nitrogens with zero attached hydrogens (tertiary/aromatic N) is 2. The number of nitrogens with one attached hydrogen (secondary N) is 1. The van der Waals surface area contributed by atoms with Crippen LogP contribution in [0, 0.1) is 0 Å².